The molecule has 0 radical (unpaired) electrons. The molecule has 2 atom stereocenters. The fraction of sp³-hybridized carbons (Fsp3) is 0.333. The van der Waals surface area contributed by atoms with Crippen LogP contribution in [0.5, 0.6) is 5.75 Å². The lowest BCUT2D eigenvalue weighted by molar-refractivity contribution is 0.156. The summed E-state index contributed by atoms with van der Waals surface area (Å²) in [5, 5.41) is 9.97. The van der Waals surface area contributed by atoms with Gasteiger partial charge < -0.3 is 9.84 Å². The summed E-state index contributed by atoms with van der Waals surface area (Å²) in [7, 11) is 0. The van der Waals surface area contributed by atoms with Gasteiger partial charge in [0.15, 0.2) is 0 Å². The Morgan fingerprint density at radius 2 is 1.95 bits per heavy atom. The normalized spacial score (nSPS) is 19.2. The number of hydrogen-bond acceptors (Lipinski definition) is 2. The lowest BCUT2D eigenvalue weighted by Crippen LogP contribution is -2.10. The van der Waals surface area contributed by atoms with E-state index in [9.17, 15) is 5.11 Å². The number of fused-ring (bicyclic) bond motifs is 1. The van der Waals surface area contributed by atoms with E-state index >= 15 is 0 Å². The second kappa shape index (κ2) is 5.68. The van der Waals surface area contributed by atoms with E-state index in [1.165, 1.54) is 11.1 Å². The van der Waals surface area contributed by atoms with Crippen LogP contribution in [0, 0.1) is 0 Å². The molecule has 0 heterocycles. The average molecular weight is 268 g/mol. The van der Waals surface area contributed by atoms with Crippen LogP contribution in [0.2, 0.25) is 0 Å². The van der Waals surface area contributed by atoms with Crippen LogP contribution in [0.25, 0.3) is 0 Å². The van der Waals surface area contributed by atoms with Crippen LogP contribution in [0.3, 0.4) is 0 Å². The van der Waals surface area contributed by atoms with Crippen molar-refractivity contribution in [2.45, 2.75) is 38.4 Å². The number of benzene rings is 2. The van der Waals surface area contributed by atoms with Gasteiger partial charge in [-0.1, -0.05) is 36.4 Å². The van der Waals surface area contributed by atoms with Gasteiger partial charge in [0.05, 0.1) is 6.10 Å². The van der Waals surface area contributed by atoms with Crippen molar-refractivity contribution < 1.29 is 9.84 Å². The van der Waals surface area contributed by atoms with E-state index in [0.29, 0.717) is 0 Å². The first kappa shape index (κ1) is 13.2. The number of hydrogen-bond donors (Lipinski definition) is 1. The minimum Gasteiger partial charge on any atom is -0.486 e. The van der Waals surface area contributed by atoms with E-state index in [0.717, 1.165) is 30.6 Å². The monoisotopic (exact) mass is 268 g/mol. The Labute approximate surface area is 120 Å². The van der Waals surface area contributed by atoms with Crippen molar-refractivity contribution in [2.24, 2.45) is 0 Å². The van der Waals surface area contributed by atoms with Gasteiger partial charge in [0.1, 0.15) is 11.9 Å². The quantitative estimate of drug-likeness (QED) is 0.904. The van der Waals surface area contributed by atoms with Gasteiger partial charge >= 0.3 is 0 Å². The SMILES string of the molecule is CC(Oc1ccc2c(c1)CCCC2O)c1ccccc1. The van der Waals surface area contributed by atoms with E-state index in [-0.39, 0.29) is 12.2 Å². The Bertz CT molecular complexity index is 577. The molecule has 3 rings (SSSR count). The molecule has 2 heteroatoms. The topological polar surface area (TPSA) is 29.5 Å². The summed E-state index contributed by atoms with van der Waals surface area (Å²) in [6.07, 6.45) is 2.67. The molecular weight excluding hydrogens is 248 g/mol. The molecule has 0 saturated carbocycles. The molecule has 0 spiro atoms. The van der Waals surface area contributed by atoms with Crippen molar-refractivity contribution in [3.05, 3.63) is 65.2 Å². The van der Waals surface area contributed by atoms with Gasteiger partial charge in [-0.15, -0.1) is 0 Å². The van der Waals surface area contributed by atoms with Gasteiger partial charge in [-0.05, 0) is 55.0 Å². The third-order valence-corrected chi connectivity index (χ3v) is 3.98. The van der Waals surface area contributed by atoms with Crippen molar-refractivity contribution in [1.29, 1.82) is 0 Å². The third-order valence-electron chi connectivity index (χ3n) is 3.98. The summed E-state index contributed by atoms with van der Waals surface area (Å²) < 4.78 is 6.02. The standard InChI is InChI=1S/C18H20O2/c1-13(14-6-3-2-4-7-14)20-16-10-11-17-15(12-16)8-5-9-18(17)19/h2-4,6-7,10-13,18-19H,5,8-9H2,1H3. The Hall–Kier alpha value is -1.80. The molecular formula is C18H20O2. The van der Waals surface area contributed by atoms with Crippen molar-refractivity contribution in [3.63, 3.8) is 0 Å². The molecule has 20 heavy (non-hydrogen) atoms. The molecule has 0 amide bonds. The second-order valence-electron chi connectivity index (χ2n) is 5.44. The maximum absolute atomic E-state index is 9.97. The molecule has 0 fully saturated rings. The van der Waals surface area contributed by atoms with Crippen LogP contribution in [0.1, 0.15) is 48.7 Å². The van der Waals surface area contributed by atoms with E-state index in [4.69, 9.17) is 4.74 Å². The Kier molecular flexibility index (Phi) is 3.75. The summed E-state index contributed by atoms with van der Waals surface area (Å²) in [4.78, 5) is 0. The fourth-order valence-electron chi connectivity index (χ4n) is 2.83. The van der Waals surface area contributed by atoms with Crippen LogP contribution < -0.4 is 4.74 Å². The fourth-order valence-corrected chi connectivity index (χ4v) is 2.83. The number of rotatable bonds is 3. The van der Waals surface area contributed by atoms with Gasteiger partial charge in [-0.2, -0.15) is 0 Å². The summed E-state index contributed by atoms with van der Waals surface area (Å²) in [6.45, 7) is 2.06. The van der Waals surface area contributed by atoms with Crippen LogP contribution >= 0.6 is 0 Å². The highest BCUT2D eigenvalue weighted by molar-refractivity contribution is 5.38. The number of aliphatic hydroxyl groups excluding tert-OH is 1. The van der Waals surface area contributed by atoms with Crippen LogP contribution in [-0.2, 0) is 6.42 Å². The molecule has 104 valence electrons. The lowest BCUT2D eigenvalue weighted by Gasteiger charge is -2.23. The Morgan fingerprint density at radius 1 is 1.15 bits per heavy atom. The summed E-state index contributed by atoms with van der Waals surface area (Å²) in [5.74, 6) is 0.884. The van der Waals surface area contributed by atoms with Crippen molar-refractivity contribution in [1.82, 2.24) is 0 Å². The second-order valence-corrected chi connectivity index (χ2v) is 5.44. The highest BCUT2D eigenvalue weighted by Gasteiger charge is 2.18. The average Bonchev–Trinajstić information content (AvgIpc) is 2.48. The van der Waals surface area contributed by atoms with Crippen molar-refractivity contribution >= 4 is 0 Å². The molecule has 0 saturated heterocycles. The van der Waals surface area contributed by atoms with E-state index in [1.807, 2.05) is 30.3 Å². The molecule has 0 aliphatic heterocycles. The molecule has 1 N–H and O–H groups in total. The van der Waals surface area contributed by atoms with Gasteiger partial charge in [0.25, 0.3) is 0 Å². The van der Waals surface area contributed by atoms with Gasteiger partial charge in [0.2, 0.25) is 0 Å². The zero-order chi connectivity index (χ0) is 13.9. The smallest absolute Gasteiger partial charge is 0.121 e. The molecule has 1 aliphatic carbocycles. The predicted octanol–water partition coefficient (Wildman–Crippen LogP) is 4.20. The molecule has 2 nitrogen and oxygen atoms in total. The highest BCUT2D eigenvalue weighted by Crippen LogP contribution is 2.33. The lowest BCUT2D eigenvalue weighted by atomic mass is 9.89. The third kappa shape index (κ3) is 2.70. The minimum absolute atomic E-state index is 0.0303. The van der Waals surface area contributed by atoms with Crippen LogP contribution in [0.15, 0.2) is 48.5 Å². The predicted molar refractivity (Wildman–Crippen MR) is 79.8 cm³/mol. The minimum atomic E-state index is -0.306. The van der Waals surface area contributed by atoms with E-state index < -0.39 is 0 Å². The molecule has 2 aromatic rings. The van der Waals surface area contributed by atoms with Gasteiger partial charge in [-0.25, -0.2) is 0 Å². The first-order chi connectivity index (χ1) is 9.74. The first-order valence-corrected chi connectivity index (χ1v) is 7.26. The largest absolute Gasteiger partial charge is 0.486 e. The molecule has 2 aromatic carbocycles. The van der Waals surface area contributed by atoms with Gasteiger partial charge in [0, 0.05) is 0 Å². The van der Waals surface area contributed by atoms with Crippen LogP contribution in [-0.4, -0.2) is 5.11 Å². The summed E-state index contributed by atoms with van der Waals surface area (Å²) in [5.41, 5.74) is 3.46. The Morgan fingerprint density at radius 3 is 2.75 bits per heavy atom. The molecule has 0 aromatic heterocycles. The maximum atomic E-state index is 9.97. The zero-order valence-electron chi connectivity index (χ0n) is 11.8. The highest BCUT2D eigenvalue weighted by atomic mass is 16.5. The number of ether oxygens (including phenoxy) is 1. The van der Waals surface area contributed by atoms with Gasteiger partial charge in [-0.3, -0.25) is 0 Å². The molecule has 0 bridgehead atoms. The van der Waals surface area contributed by atoms with Crippen molar-refractivity contribution in [2.75, 3.05) is 0 Å². The van der Waals surface area contributed by atoms with Crippen LogP contribution in [0.4, 0.5) is 0 Å². The van der Waals surface area contributed by atoms with E-state index in [1.54, 1.807) is 0 Å². The Balaban J connectivity index is 1.78. The number of aliphatic hydroxyl groups is 1. The zero-order valence-corrected chi connectivity index (χ0v) is 11.8. The number of aryl methyl sites for hydroxylation is 1. The summed E-state index contributed by atoms with van der Waals surface area (Å²) >= 11 is 0. The van der Waals surface area contributed by atoms with Crippen molar-refractivity contribution in [3.8, 4) is 5.75 Å². The summed E-state index contributed by atoms with van der Waals surface area (Å²) in [6, 6.07) is 16.3. The molecule has 2 unspecified atom stereocenters. The van der Waals surface area contributed by atoms with E-state index in [2.05, 4.69) is 25.1 Å². The maximum Gasteiger partial charge on any atom is 0.121 e. The first-order valence-electron chi connectivity index (χ1n) is 7.26. The molecule has 1 aliphatic rings.